The fourth-order valence-corrected chi connectivity index (χ4v) is 2.90. The highest BCUT2D eigenvalue weighted by molar-refractivity contribution is 9.09. The second kappa shape index (κ2) is 5.53. The SMILES string of the molecule is O=C(c1ccc(C(F)(F)F)cc1)N1CCCC1CBr. The summed E-state index contributed by atoms with van der Waals surface area (Å²) in [6, 6.07) is 4.53. The minimum Gasteiger partial charge on any atom is -0.335 e. The van der Waals surface area contributed by atoms with Gasteiger partial charge >= 0.3 is 6.18 Å². The Balaban J connectivity index is 2.16. The van der Waals surface area contributed by atoms with Crippen molar-refractivity contribution in [2.75, 3.05) is 11.9 Å². The molecule has 2 rings (SSSR count). The third kappa shape index (κ3) is 3.11. The van der Waals surface area contributed by atoms with Crippen molar-refractivity contribution in [3.63, 3.8) is 0 Å². The number of carbonyl (C=O) groups excluding carboxylic acids is 1. The molecule has 1 aliphatic rings. The lowest BCUT2D eigenvalue weighted by Crippen LogP contribution is -2.36. The number of alkyl halides is 4. The first-order valence-electron chi connectivity index (χ1n) is 5.97. The first-order chi connectivity index (χ1) is 8.93. The molecule has 1 fully saturated rings. The molecule has 1 heterocycles. The van der Waals surface area contributed by atoms with Crippen LogP contribution < -0.4 is 0 Å². The summed E-state index contributed by atoms with van der Waals surface area (Å²) >= 11 is 3.35. The number of benzene rings is 1. The van der Waals surface area contributed by atoms with Crippen LogP contribution in [-0.2, 0) is 6.18 Å². The van der Waals surface area contributed by atoms with Crippen LogP contribution in [0, 0.1) is 0 Å². The van der Waals surface area contributed by atoms with Gasteiger partial charge in [0.15, 0.2) is 0 Å². The van der Waals surface area contributed by atoms with E-state index in [2.05, 4.69) is 15.9 Å². The maximum Gasteiger partial charge on any atom is 0.416 e. The van der Waals surface area contributed by atoms with E-state index in [0.717, 1.165) is 25.0 Å². The Bertz CT molecular complexity index is 458. The fourth-order valence-electron chi connectivity index (χ4n) is 2.23. The van der Waals surface area contributed by atoms with Gasteiger partial charge in [-0.1, -0.05) is 15.9 Å². The average Bonchev–Trinajstić information content (AvgIpc) is 2.85. The zero-order valence-electron chi connectivity index (χ0n) is 10.1. The number of likely N-dealkylation sites (tertiary alicyclic amines) is 1. The number of halogens is 4. The first kappa shape index (κ1) is 14.4. The second-order valence-electron chi connectivity index (χ2n) is 4.52. The van der Waals surface area contributed by atoms with Crippen LogP contribution in [-0.4, -0.2) is 28.7 Å². The highest BCUT2D eigenvalue weighted by Crippen LogP contribution is 2.29. The van der Waals surface area contributed by atoms with Crippen molar-refractivity contribution in [1.82, 2.24) is 4.90 Å². The van der Waals surface area contributed by atoms with Crippen molar-refractivity contribution in [3.8, 4) is 0 Å². The molecular formula is C13H13BrF3NO. The monoisotopic (exact) mass is 335 g/mol. The third-order valence-electron chi connectivity index (χ3n) is 3.28. The van der Waals surface area contributed by atoms with Crippen LogP contribution in [0.2, 0.25) is 0 Å². The van der Waals surface area contributed by atoms with Gasteiger partial charge in [0.25, 0.3) is 5.91 Å². The summed E-state index contributed by atoms with van der Waals surface area (Å²) < 4.78 is 37.3. The maximum absolute atomic E-state index is 12.4. The van der Waals surface area contributed by atoms with Crippen LogP contribution in [0.5, 0.6) is 0 Å². The Morgan fingerprint density at radius 1 is 1.32 bits per heavy atom. The molecule has 0 bridgehead atoms. The average molecular weight is 336 g/mol. The van der Waals surface area contributed by atoms with E-state index in [1.165, 1.54) is 12.1 Å². The summed E-state index contributed by atoms with van der Waals surface area (Å²) in [6.07, 6.45) is -2.51. The van der Waals surface area contributed by atoms with Crippen molar-refractivity contribution >= 4 is 21.8 Å². The summed E-state index contributed by atoms with van der Waals surface area (Å²) in [5.41, 5.74) is -0.427. The van der Waals surface area contributed by atoms with Gasteiger partial charge in [0.05, 0.1) is 5.56 Å². The van der Waals surface area contributed by atoms with Crippen molar-refractivity contribution in [3.05, 3.63) is 35.4 Å². The van der Waals surface area contributed by atoms with E-state index in [9.17, 15) is 18.0 Å². The molecule has 1 aromatic rings. The molecule has 1 atom stereocenters. The minimum absolute atomic E-state index is 0.134. The van der Waals surface area contributed by atoms with E-state index in [0.29, 0.717) is 17.4 Å². The van der Waals surface area contributed by atoms with E-state index in [4.69, 9.17) is 0 Å². The van der Waals surface area contributed by atoms with E-state index < -0.39 is 11.7 Å². The number of amides is 1. The van der Waals surface area contributed by atoms with E-state index in [1.807, 2.05) is 0 Å². The van der Waals surface area contributed by atoms with Gasteiger partial charge in [0.2, 0.25) is 0 Å². The van der Waals surface area contributed by atoms with Gasteiger partial charge in [-0.25, -0.2) is 0 Å². The predicted octanol–water partition coefficient (Wildman–Crippen LogP) is 3.70. The molecule has 1 saturated heterocycles. The summed E-state index contributed by atoms with van der Waals surface area (Å²) in [4.78, 5) is 13.9. The van der Waals surface area contributed by atoms with Crippen molar-refractivity contribution < 1.29 is 18.0 Å². The van der Waals surface area contributed by atoms with Crippen LogP contribution in [0.3, 0.4) is 0 Å². The normalized spacial score (nSPS) is 19.8. The molecule has 19 heavy (non-hydrogen) atoms. The van der Waals surface area contributed by atoms with Crippen molar-refractivity contribution in [2.24, 2.45) is 0 Å². The molecule has 1 aromatic carbocycles. The number of hydrogen-bond donors (Lipinski definition) is 0. The molecule has 0 radical (unpaired) electrons. The Morgan fingerprint density at radius 3 is 2.47 bits per heavy atom. The van der Waals surface area contributed by atoms with Crippen LogP contribution in [0.1, 0.15) is 28.8 Å². The molecular weight excluding hydrogens is 323 g/mol. The maximum atomic E-state index is 12.4. The quantitative estimate of drug-likeness (QED) is 0.754. The molecule has 6 heteroatoms. The lowest BCUT2D eigenvalue weighted by Gasteiger charge is -2.23. The van der Waals surface area contributed by atoms with Gasteiger partial charge in [0.1, 0.15) is 0 Å². The lowest BCUT2D eigenvalue weighted by molar-refractivity contribution is -0.137. The van der Waals surface area contributed by atoms with Crippen LogP contribution >= 0.6 is 15.9 Å². The number of carbonyl (C=O) groups is 1. The zero-order valence-corrected chi connectivity index (χ0v) is 11.7. The van der Waals surface area contributed by atoms with E-state index >= 15 is 0 Å². The number of nitrogens with zero attached hydrogens (tertiary/aromatic N) is 1. The van der Waals surface area contributed by atoms with Gasteiger partial charge in [-0.3, -0.25) is 4.79 Å². The largest absolute Gasteiger partial charge is 0.416 e. The lowest BCUT2D eigenvalue weighted by atomic mass is 10.1. The zero-order chi connectivity index (χ0) is 14.0. The third-order valence-corrected chi connectivity index (χ3v) is 4.02. The summed E-state index contributed by atoms with van der Waals surface area (Å²) in [5, 5.41) is 0.694. The highest BCUT2D eigenvalue weighted by atomic mass is 79.9. The molecule has 2 nitrogen and oxygen atoms in total. The van der Waals surface area contributed by atoms with Crippen LogP contribution in [0.15, 0.2) is 24.3 Å². The molecule has 0 saturated carbocycles. The number of hydrogen-bond acceptors (Lipinski definition) is 1. The second-order valence-corrected chi connectivity index (χ2v) is 5.17. The van der Waals surface area contributed by atoms with Gasteiger partial charge in [-0.05, 0) is 37.1 Å². The minimum atomic E-state index is -4.37. The van der Waals surface area contributed by atoms with Crippen molar-refractivity contribution in [1.29, 1.82) is 0 Å². The molecule has 104 valence electrons. The van der Waals surface area contributed by atoms with Gasteiger partial charge in [-0.15, -0.1) is 0 Å². The summed E-state index contributed by atoms with van der Waals surface area (Å²) in [5.74, 6) is -0.198. The van der Waals surface area contributed by atoms with Gasteiger partial charge < -0.3 is 4.90 Å². The molecule has 1 aliphatic heterocycles. The van der Waals surface area contributed by atoms with Gasteiger partial charge in [0, 0.05) is 23.5 Å². The highest BCUT2D eigenvalue weighted by Gasteiger charge is 2.32. The van der Waals surface area contributed by atoms with Crippen LogP contribution in [0.4, 0.5) is 13.2 Å². The molecule has 0 aromatic heterocycles. The molecule has 1 unspecified atom stereocenters. The Labute approximate surface area is 117 Å². The topological polar surface area (TPSA) is 20.3 Å². The Kier molecular flexibility index (Phi) is 4.18. The molecule has 0 aliphatic carbocycles. The predicted molar refractivity (Wildman–Crippen MR) is 69.3 cm³/mol. The Hall–Kier alpha value is -1.04. The summed E-state index contributed by atoms with van der Waals surface area (Å²) in [7, 11) is 0. The van der Waals surface area contributed by atoms with Crippen molar-refractivity contribution in [2.45, 2.75) is 25.1 Å². The molecule has 0 spiro atoms. The number of rotatable bonds is 2. The van der Waals surface area contributed by atoms with E-state index in [1.54, 1.807) is 4.90 Å². The fraction of sp³-hybridized carbons (Fsp3) is 0.462. The van der Waals surface area contributed by atoms with Crippen LogP contribution in [0.25, 0.3) is 0 Å². The molecule has 1 amide bonds. The standard InChI is InChI=1S/C13H13BrF3NO/c14-8-11-2-1-7-18(11)12(19)9-3-5-10(6-4-9)13(15,16)17/h3-6,11H,1-2,7-8H2. The smallest absolute Gasteiger partial charge is 0.335 e. The summed E-state index contributed by atoms with van der Waals surface area (Å²) in [6.45, 7) is 0.663. The first-order valence-corrected chi connectivity index (χ1v) is 7.10. The molecule has 0 N–H and O–H groups in total. The Morgan fingerprint density at radius 2 is 1.95 bits per heavy atom. The van der Waals surface area contributed by atoms with Gasteiger partial charge in [-0.2, -0.15) is 13.2 Å². The van der Waals surface area contributed by atoms with E-state index in [-0.39, 0.29) is 11.9 Å².